The molecule has 4 heteroatoms. The minimum Gasteiger partial charge on any atom is -0.135 e. The third-order valence-electron chi connectivity index (χ3n) is 1.03. The SMILES string of the molecule is CCO[N+](C)(OC)OC. The van der Waals surface area contributed by atoms with Gasteiger partial charge in [0.1, 0.15) is 20.8 Å². The van der Waals surface area contributed by atoms with Gasteiger partial charge in [0, 0.05) is 0 Å². The monoisotopic (exact) mass is 136 g/mol. The first kappa shape index (κ1) is 8.84. The Kier molecular flexibility index (Phi) is 3.72. The maximum Gasteiger partial charge on any atom is 0.168 e. The lowest BCUT2D eigenvalue weighted by Gasteiger charge is -2.20. The highest BCUT2D eigenvalue weighted by molar-refractivity contribution is 3.91. The van der Waals surface area contributed by atoms with Crippen LogP contribution in [0.2, 0.25) is 0 Å². The Morgan fingerprint density at radius 2 is 1.67 bits per heavy atom. The first-order valence-corrected chi connectivity index (χ1v) is 2.81. The molecule has 9 heavy (non-hydrogen) atoms. The summed E-state index contributed by atoms with van der Waals surface area (Å²) in [4.78, 5) is 14.4. The van der Waals surface area contributed by atoms with Gasteiger partial charge in [0.25, 0.3) is 0 Å². The average Bonchev–Trinajstić information content (AvgIpc) is 1.89. The summed E-state index contributed by atoms with van der Waals surface area (Å²) in [6.45, 7) is 2.42. The summed E-state index contributed by atoms with van der Waals surface area (Å²) < 4.78 is 0. The van der Waals surface area contributed by atoms with Crippen molar-refractivity contribution >= 4 is 0 Å². The molecule has 0 amide bonds. The van der Waals surface area contributed by atoms with Crippen molar-refractivity contribution in [2.75, 3.05) is 27.9 Å². The molecule has 0 unspecified atom stereocenters. The standard InChI is InChI=1S/C5H14NO3/c1-5-9-6(2,7-3)8-4/h5H2,1-4H3/q+1. The molecule has 4 nitrogen and oxygen atoms in total. The van der Waals surface area contributed by atoms with Crippen molar-refractivity contribution in [3.8, 4) is 0 Å². The molecular weight excluding hydrogens is 122 g/mol. The molecule has 0 radical (unpaired) electrons. The first-order chi connectivity index (χ1) is 4.18. The Morgan fingerprint density at radius 3 is 1.78 bits per heavy atom. The number of hydroxylamine groups is 3. The molecule has 0 saturated carbocycles. The predicted molar refractivity (Wildman–Crippen MR) is 31.8 cm³/mol. The van der Waals surface area contributed by atoms with E-state index in [1.165, 1.54) is 14.2 Å². The highest BCUT2D eigenvalue weighted by Gasteiger charge is 2.22. The minimum absolute atomic E-state index is 0.267. The van der Waals surface area contributed by atoms with E-state index in [1.54, 1.807) is 7.05 Å². The van der Waals surface area contributed by atoms with Crippen molar-refractivity contribution in [3.05, 3.63) is 0 Å². The van der Waals surface area contributed by atoms with E-state index in [-0.39, 0.29) is 4.97 Å². The maximum atomic E-state index is 5.02. The first-order valence-electron chi connectivity index (χ1n) is 2.81. The van der Waals surface area contributed by atoms with Gasteiger partial charge in [-0.15, -0.1) is 14.5 Å². The number of nitrogens with zero attached hydrogens (tertiary/aromatic N) is 1. The summed E-state index contributed by atoms with van der Waals surface area (Å²) in [6, 6.07) is 0. The van der Waals surface area contributed by atoms with Crippen molar-refractivity contribution in [3.63, 3.8) is 0 Å². The fourth-order valence-electron chi connectivity index (χ4n) is 0.414. The van der Waals surface area contributed by atoms with E-state index in [1.807, 2.05) is 6.92 Å². The zero-order valence-electron chi connectivity index (χ0n) is 6.38. The van der Waals surface area contributed by atoms with E-state index in [0.29, 0.717) is 6.61 Å². The van der Waals surface area contributed by atoms with Crippen LogP contribution in [-0.2, 0) is 14.5 Å². The van der Waals surface area contributed by atoms with Crippen molar-refractivity contribution in [2.24, 2.45) is 0 Å². The second kappa shape index (κ2) is 3.79. The number of hydrogen-bond acceptors (Lipinski definition) is 3. The highest BCUT2D eigenvalue weighted by atomic mass is 17.2. The molecule has 0 heterocycles. The molecule has 0 rings (SSSR count). The molecule has 0 atom stereocenters. The smallest absolute Gasteiger partial charge is 0.135 e. The second-order valence-electron chi connectivity index (χ2n) is 1.55. The van der Waals surface area contributed by atoms with E-state index in [2.05, 4.69) is 0 Å². The van der Waals surface area contributed by atoms with Crippen LogP contribution in [0.4, 0.5) is 0 Å². The van der Waals surface area contributed by atoms with Crippen molar-refractivity contribution in [1.29, 1.82) is 0 Å². The summed E-state index contributed by atoms with van der Waals surface area (Å²) in [5.74, 6) is 0. The third kappa shape index (κ3) is 2.76. The van der Waals surface area contributed by atoms with Gasteiger partial charge in [0.05, 0.1) is 4.97 Å². The highest BCUT2D eigenvalue weighted by Crippen LogP contribution is 2.02. The third-order valence-corrected chi connectivity index (χ3v) is 1.03. The Labute approximate surface area is 55.4 Å². The van der Waals surface area contributed by atoms with E-state index >= 15 is 0 Å². The van der Waals surface area contributed by atoms with Gasteiger partial charge in [-0.05, 0) is 6.92 Å². The van der Waals surface area contributed by atoms with Crippen LogP contribution in [0.25, 0.3) is 0 Å². The van der Waals surface area contributed by atoms with Gasteiger partial charge in [-0.25, -0.2) is 0 Å². The van der Waals surface area contributed by atoms with Gasteiger partial charge < -0.3 is 0 Å². The molecule has 0 aliphatic rings. The molecular formula is C5H14NO3+. The molecule has 0 saturated heterocycles. The van der Waals surface area contributed by atoms with Gasteiger partial charge in [-0.2, -0.15) is 0 Å². The fraction of sp³-hybridized carbons (Fsp3) is 1.00. The Bertz CT molecular complexity index is 72.6. The van der Waals surface area contributed by atoms with Crippen molar-refractivity contribution in [1.82, 2.24) is 0 Å². The molecule has 0 aliphatic carbocycles. The van der Waals surface area contributed by atoms with Crippen LogP contribution in [-0.4, -0.2) is 32.8 Å². The van der Waals surface area contributed by atoms with Crippen molar-refractivity contribution in [2.45, 2.75) is 6.92 Å². The molecule has 0 bridgehead atoms. The number of hydrogen-bond donors (Lipinski definition) is 0. The number of rotatable bonds is 4. The molecule has 0 N–H and O–H groups in total. The van der Waals surface area contributed by atoms with Gasteiger partial charge >= 0.3 is 0 Å². The summed E-state index contributed by atoms with van der Waals surface area (Å²) >= 11 is 0. The molecule has 56 valence electrons. The average molecular weight is 136 g/mol. The molecule has 0 aliphatic heterocycles. The van der Waals surface area contributed by atoms with Crippen LogP contribution >= 0.6 is 0 Å². The Balaban J connectivity index is 3.62. The minimum atomic E-state index is -0.267. The maximum absolute atomic E-state index is 5.02. The summed E-state index contributed by atoms with van der Waals surface area (Å²) in [5, 5.41) is 0. The summed E-state index contributed by atoms with van der Waals surface area (Å²) in [5.41, 5.74) is 0. The zero-order valence-corrected chi connectivity index (χ0v) is 6.38. The quantitative estimate of drug-likeness (QED) is 0.416. The lowest BCUT2D eigenvalue weighted by atomic mass is 10.9. The van der Waals surface area contributed by atoms with Crippen molar-refractivity contribution < 1.29 is 19.5 Å². The zero-order chi connectivity index (χ0) is 7.33. The fourth-order valence-corrected chi connectivity index (χ4v) is 0.414. The van der Waals surface area contributed by atoms with Crippen LogP contribution in [0, 0.1) is 0 Å². The van der Waals surface area contributed by atoms with Gasteiger partial charge in [0.15, 0.2) is 7.05 Å². The van der Waals surface area contributed by atoms with Crippen LogP contribution < -0.4 is 0 Å². The summed E-state index contributed by atoms with van der Waals surface area (Å²) in [7, 11) is 4.68. The van der Waals surface area contributed by atoms with Gasteiger partial charge in [-0.1, -0.05) is 0 Å². The van der Waals surface area contributed by atoms with Gasteiger partial charge in [-0.3, -0.25) is 0 Å². The topological polar surface area (TPSA) is 27.7 Å². The van der Waals surface area contributed by atoms with E-state index in [9.17, 15) is 0 Å². The van der Waals surface area contributed by atoms with Crippen LogP contribution in [0.15, 0.2) is 0 Å². The van der Waals surface area contributed by atoms with Crippen LogP contribution in [0.5, 0.6) is 0 Å². The number of quaternary nitrogens is 1. The van der Waals surface area contributed by atoms with Crippen LogP contribution in [0.1, 0.15) is 6.92 Å². The lowest BCUT2D eigenvalue weighted by molar-refractivity contribution is -1.35. The van der Waals surface area contributed by atoms with Gasteiger partial charge in [0.2, 0.25) is 0 Å². The van der Waals surface area contributed by atoms with E-state index in [4.69, 9.17) is 14.5 Å². The molecule has 0 aromatic rings. The molecule has 0 aromatic heterocycles. The lowest BCUT2D eigenvalue weighted by Crippen LogP contribution is -2.41. The normalized spacial score (nSPS) is 12.0. The molecule has 0 fully saturated rings. The Morgan fingerprint density at radius 1 is 1.22 bits per heavy atom. The second-order valence-corrected chi connectivity index (χ2v) is 1.55. The van der Waals surface area contributed by atoms with Crippen LogP contribution in [0.3, 0.4) is 0 Å². The molecule has 0 aromatic carbocycles. The summed E-state index contributed by atoms with van der Waals surface area (Å²) in [6.07, 6.45) is 0. The molecule has 0 spiro atoms. The largest absolute Gasteiger partial charge is 0.168 e. The Hall–Kier alpha value is -0.160. The van der Waals surface area contributed by atoms with E-state index in [0.717, 1.165) is 0 Å². The van der Waals surface area contributed by atoms with E-state index < -0.39 is 0 Å². The predicted octanol–water partition coefficient (Wildman–Crippen LogP) is 0.507.